The van der Waals surface area contributed by atoms with Crippen LogP contribution in [0.15, 0.2) is 18.2 Å². The Balaban J connectivity index is 2.96. The van der Waals surface area contributed by atoms with Gasteiger partial charge in [-0.1, -0.05) is 37.6 Å². The minimum atomic E-state index is -0.00524. The molecule has 0 atom stereocenters. The van der Waals surface area contributed by atoms with Gasteiger partial charge in [0.2, 0.25) is 0 Å². The number of Topliss-reactive ketones (excluding diaryl/α,β-unsaturated/α-hetero) is 1. The average molecular weight is 227 g/mol. The van der Waals surface area contributed by atoms with Crippen molar-refractivity contribution in [3.8, 4) is 0 Å². The lowest BCUT2D eigenvalue weighted by atomic mass is 10.0. The van der Waals surface area contributed by atoms with E-state index < -0.39 is 0 Å². The minimum Gasteiger partial charge on any atom is -0.380 e. The van der Waals surface area contributed by atoms with Gasteiger partial charge in [0, 0.05) is 23.6 Å². The van der Waals surface area contributed by atoms with Crippen LogP contribution < -0.4 is 0 Å². The summed E-state index contributed by atoms with van der Waals surface area (Å²) in [6.07, 6.45) is 0. The van der Waals surface area contributed by atoms with E-state index in [1.54, 1.807) is 19.2 Å². The molecule has 1 aromatic rings. The van der Waals surface area contributed by atoms with Crippen LogP contribution in [0.4, 0.5) is 0 Å². The van der Waals surface area contributed by atoms with Crippen LogP contribution in [-0.4, -0.2) is 12.9 Å². The quantitative estimate of drug-likeness (QED) is 0.737. The summed E-state index contributed by atoms with van der Waals surface area (Å²) in [5.74, 6) is 0.107. The predicted molar refractivity (Wildman–Crippen MR) is 61.3 cm³/mol. The summed E-state index contributed by atoms with van der Waals surface area (Å²) in [7, 11) is 1.61. The molecule has 0 radical (unpaired) electrons. The summed E-state index contributed by atoms with van der Waals surface area (Å²) in [5.41, 5.74) is 1.56. The van der Waals surface area contributed by atoms with E-state index in [-0.39, 0.29) is 11.7 Å². The number of halogens is 1. The summed E-state index contributed by atoms with van der Waals surface area (Å²) < 4.78 is 4.99. The standard InChI is InChI=1S/C12H15ClO2/c1-8(2)12(14)9-4-5-10(7-15-3)11(13)6-9/h4-6,8H,7H2,1-3H3. The number of benzene rings is 1. The van der Waals surface area contributed by atoms with Crippen molar-refractivity contribution < 1.29 is 9.53 Å². The summed E-state index contributed by atoms with van der Waals surface area (Å²) >= 11 is 6.02. The fraction of sp³-hybridized carbons (Fsp3) is 0.417. The molecule has 0 saturated carbocycles. The van der Waals surface area contributed by atoms with Gasteiger partial charge in [-0.25, -0.2) is 0 Å². The normalized spacial score (nSPS) is 10.7. The summed E-state index contributed by atoms with van der Waals surface area (Å²) in [6, 6.07) is 5.34. The zero-order valence-corrected chi connectivity index (χ0v) is 9.97. The molecular weight excluding hydrogens is 212 g/mol. The maximum Gasteiger partial charge on any atom is 0.165 e. The molecule has 82 valence electrons. The lowest BCUT2D eigenvalue weighted by Gasteiger charge is -2.07. The molecule has 3 heteroatoms. The molecule has 0 N–H and O–H groups in total. The van der Waals surface area contributed by atoms with Crippen molar-refractivity contribution in [2.75, 3.05) is 7.11 Å². The maximum atomic E-state index is 11.7. The van der Waals surface area contributed by atoms with E-state index in [1.165, 1.54) is 0 Å². The monoisotopic (exact) mass is 226 g/mol. The first-order valence-corrected chi connectivity index (χ1v) is 5.25. The number of hydrogen-bond donors (Lipinski definition) is 0. The van der Waals surface area contributed by atoms with Crippen molar-refractivity contribution in [1.29, 1.82) is 0 Å². The summed E-state index contributed by atoms with van der Waals surface area (Å²) in [6.45, 7) is 4.22. The maximum absolute atomic E-state index is 11.7. The van der Waals surface area contributed by atoms with Gasteiger partial charge in [0.1, 0.15) is 0 Å². The van der Waals surface area contributed by atoms with Crippen LogP contribution in [0.5, 0.6) is 0 Å². The average Bonchev–Trinajstić information content (AvgIpc) is 2.20. The molecule has 0 heterocycles. The fourth-order valence-electron chi connectivity index (χ4n) is 1.31. The van der Waals surface area contributed by atoms with Crippen molar-refractivity contribution in [2.45, 2.75) is 20.5 Å². The molecule has 0 bridgehead atoms. The van der Waals surface area contributed by atoms with Crippen LogP contribution in [0.1, 0.15) is 29.8 Å². The zero-order valence-electron chi connectivity index (χ0n) is 9.21. The van der Waals surface area contributed by atoms with Crippen LogP contribution in [0, 0.1) is 5.92 Å². The van der Waals surface area contributed by atoms with Crippen molar-refractivity contribution in [3.63, 3.8) is 0 Å². The van der Waals surface area contributed by atoms with Crippen molar-refractivity contribution >= 4 is 17.4 Å². The molecule has 0 amide bonds. The SMILES string of the molecule is COCc1ccc(C(=O)C(C)C)cc1Cl. The summed E-state index contributed by atoms with van der Waals surface area (Å²) in [4.78, 5) is 11.7. The van der Waals surface area contributed by atoms with E-state index in [4.69, 9.17) is 16.3 Å². The zero-order chi connectivity index (χ0) is 11.4. The number of methoxy groups -OCH3 is 1. The van der Waals surface area contributed by atoms with Gasteiger partial charge in [-0.15, -0.1) is 0 Å². The second-order valence-corrected chi connectivity index (χ2v) is 4.17. The van der Waals surface area contributed by atoms with Gasteiger partial charge in [-0.3, -0.25) is 4.79 Å². The number of carbonyl (C=O) groups excluding carboxylic acids is 1. The van der Waals surface area contributed by atoms with Gasteiger partial charge in [0.15, 0.2) is 5.78 Å². The highest BCUT2D eigenvalue weighted by atomic mass is 35.5. The van der Waals surface area contributed by atoms with Crippen molar-refractivity contribution in [1.82, 2.24) is 0 Å². The minimum absolute atomic E-state index is 0.00524. The van der Waals surface area contributed by atoms with E-state index in [0.717, 1.165) is 5.56 Å². The number of ketones is 1. The van der Waals surface area contributed by atoms with E-state index in [0.29, 0.717) is 17.2 Å². The Labute approximate surface area is 95.2 Å². The van der Waals surface area contributed by atoms with Crippen molar-refractivity contribution in [2.24, 2.45) is 5.92 Å². The Hall–Kier alpha value is -0.860. The first-order chi connectivity index (χ1) is 7.06. The van der Waals surface area contributed by atoms with Crippen LogP contribution >= 0.6 is 11.6 Å². The second kappa shape index (κ2) is 5.29. The Morgan fingerprint density at radius 3 is 2.60 bits per heavy atom. The highest BCUT2D eigenvalue weighted by Gasteiger charge is 2.11. The molecule has 0 fully saturated rings. The molecule has 2 nitrogen and oxygen atoms in total. The summed E-state index contributed by atoms with van der Waals surface area (Å²) in [5, 5.41) is 0.586. The van der Waals surface area contributed by atoms with Gasteiger partial charge >= 0.3 is 0 Å². The Morgan fingerprint density at radius 1 is 1.47 bits per heavy atom. The third-order valence-corrected chi connectivity index (χ3v) is 2.51. The topological polar surface area (TPSA) is 26.3 Å². The van der Waals surface area contributed by atoms with Crippen LogP contribution in [0.3, 0.4) is 0 Å². The lowest BCUT2D eigenvalue weighted by Crippen LogP contribution is -2.07. The number of rotatable bonds is 4. The Kier molecular flexibility index (Phi) is 4.30. The second-order valence-electron chi connectivity index (χ2n) is 3.76. The number of ether oxygens (including phenoxy) is 1. The molecule has 0 saturated heterocycles. The van der Waals surface area contributed by atoms with Crippen LogP contribution in [0.25, 0.3) is 0 Å². The highest BCUT2D eigenvalue weighted by Crippen LogP contribution is 2.20. The van der Waals surface area contributed by atoms with Crippen molar-refractivity contribution in [3.05, 3.63) is 34.3 Å². The third kappa shape index (κ3) is 3.05. The lowest BCUT2D eigenvalue weighted by molar-refractivity contribution is 0.0939. The largest absolute Gasteiger partial charge is 0.380 e. The number of carbonyl (C=O) groups is 1. The van der Waals surface area contributed by atoms with Crippen LogP contribution in [-0.2, 0) is 11.3 Å². The van der Waals surface area contributed by atoms with Gasteiger partial charge < -0.3 is 4.74 Å². The molecule has 0 aromatic heterocycles. The predicted octanol–water partition coefficient (Wildman–Crippen LogP) is 3.33. The van der Waals surface area contributed by atoms with Crippen LogP contribution in [0.2, 0.25) is 5.02 Å². The molecule has 0 aliphatic carbocycles. The molecule has 0 aliphatic rings. The third-order valence-electron chi connectivity index (χ3n) is 2.16. The first-order valence-electron chi connectivity index (χ1n) is 4.87. The molecular formula is C12H15ClO2. The first kappa shape index (κ1) is 12.2. The van der Waals surface area contributed by atoms with E-state index in [2.05, 4.69) is 0 Å². The van der Waals surface area contributed by atoms with Gasteiger partial charge in [-0.2, -0.15) is 0 Å². The molecule has 0 aliphatic heterocycles. The highest BCUT2D eigenvalue weighted by molar-refractivity contribution is 6.31. The van der Waals surface area contributed by atoms with E-state index in [1.807, 2.05) is 19.9 Å². The van der Waals surface area contributed by atoms with Gasteiger partial charge in [0.05, 0.1) is 6.61 Å². The van der Waals surface area contributed by atoms with E-state index in [9.17, 15) is 4.79 Å². The molecule has 1 aromatic carbocycles. The van der Waals surface area contributed by atoms with Gasteiger partial charge in [-0.05, 0) is 11.6 Å². The number of hydrogen-bond acceptors (Lipinski definition) is 2. The Morgan fingerprint density at radius 2 is 2.13 bits per heavy atom. The smallest absolute Gasteiger partial charge is 0.165 e. The molecule has 0 unspecified atom stereocenters. The molecule has 15 heavy (non-hydrogen) atoms. The molecule has 1 rings (SSSR count). The van der Waals surface area contributed by atoms with E-state index >= 15 is 0 Å². The fourth-order valence-corrected chi connectivity index (χ4v) is 1.54. The van der Waals surface area contributed by atoms with Gasteiger partial charge in [0.25, 0.3) is 0 Å². The molecule has 0 spiro atoms. The Bertz CT molecular complexity index is 359.